The molecule has 0 heterocycles. The van der Waals surface area contributed by atoms with Crippen molar-refractivity contribution in [3.8, 4) is 5.75 Å². The van der Waals surface area contributed by atoms with Crippen molar-refractivity contribution in [2.45, 2.75) is 25.0 Å². The van der Waals surface area contributed by atoms with Crippen molar-refractivity contribution >= 4 is 17.5 Å². The second-order valence-electron chi connectivity index (χ2n) is 3.96. The highest BCUT2D eigenvalue weighted by atomic mass is 35.5. The SMILES string of the molecule is O=C(NC1CC(O)C1)c1ccc(Cl)cc1O. The lowest BCUT2D eigenvalue weighted by atomic mass is 9.89. The maximum atomic E-state index is 11.7. The lowest BCUT2D eigenvalue weighted by Gasteiger charge is -2.31. The van der Waals surface area contributed by atoms with Gasteiger partial charge in [0.15, 0.2) is 0 Å². The molecule has 5 heteroatoms. The number of aromatic hydroxyl groups is 1. The van der Waals surface area contributed by atoms with Crippen LogP contribution in [0.5, 0.6) is 5.75 Å². The number of hydrogen-bond donors (Lipinski definition) is 3. The molecule has 1 aliphatic carbocycles. The van der Waals surface area contributed by atoms with E-state index in [2.05, 4.69) is 5.32 Å². The van der Waals surface area contributed by atoms with Crippen LogP contribution < -0.4 is 5.32 Å². The number of nitrogens with one attached hydrogen (secondary N) is 1. The first-order valence-electron chi connectivity index (χ1n) is 5.03. The number of aliphatic hydroxyl groups excluding tert-OH is 1. The standard InChI is InChI=1S/C11H12ClNO3/c12-6-1-2-9(10(15)3-6)11(16)13-7-4-8(14)5-7/h1-3,7-8,14-15H,4-5H2,(H,13,16). The summed E-state index contributed by atoms with van der Waals surface area (Å²) in [6.07, 6.45) is 0.823. The first kappa shape index (κ1) is 11.2. The van der Waals surface area contributed by atoms with Gasteiger partial charge in [0.2, 0.25) is 0 Å². The van der Waals surface area contributed by atoms with Crippen LogP contribution in [0.3, 0.4) is 0 Å². The van der Waals surface area contributed by atoms with Crippen molar-refractivity contribution in [2.24, 2.45) is 0 Å². The van der Waals surface area contributed by atoms with Gasteiger partial charge in [0.25, 0.3) is 5.91 Å². The van der Waals surface area contributed by atoms with Gasteiger partial charge in [-0.05, 0) is 31.0 Å². The average Bonchev–Trinajstić information content (AvgIpc) is 2.15. The van der Waals surface area contributed by atoms with Gasteiger partial charge < -0.3 is 15.5 Å². The smallest absolute Gasteiger partial charge is 0.255 e. The van der Waals surface area contributed by atoms with Crippen LogP contribution in [-0.4, -0.2) is 28.3 Å². The summed E-state index contributed by atoms with van der Waals surface area (Å²) >= 11 is 5.66. The van der Waals surface area contributed by atoms with Gasteiger partial charge in [0.05, 0.1) is 11.7 Å². The highest BCUT2D eigenvalue weighted by Gasteiger charge is 2.29. The monoisotopic (exact) mass is 241 g/mol. The summed E-state index contributed by atoms with van der Waals surface area (Å²) in [5.41, 5.74) is 0.200. The zero-order chi connectivity index (χ0) is 11.7. The normalized spacial score (nSPS) is 23.6. The zero-order valence-electron chi connectivity index (χ0n) is 8.48. The van der Waals surface area contributed by atoms with E-state index in [-0.39, 0.29) is 29.4 Å². The highest BCUT2D eigenvalue weighted by molar-refractivity contribution is 6.30. The molecular formula is C11H12ClNO3. The van der Waals surface area contributed by atoms with Crippen LogP contribution in [0.4, 0.5) is 0 Å². The minimum atomic E-state index is -0.342. The van der Waals surface area contributed by atoms with Gasteiger partial charge in [-0.15, -0.1) is 0 Å². The van der Waals surface area contributed by atoms with Crippen LogP contribution in [0.1, 0.15) is 23.2 Å². The van der Waals surface area contributed by atoms with E-state index in [9.17, 15) is 9.90 Å². The molecule has 4 nitrogen and oxygen atoms in total. The van der Waals surface area contributed by atoms with E-state index in [1.54, 1.807) is 6.07 Å². The van der Waals surface area contributed by atoms with E-state index in [0.29, 0.717) is 17.9 Å². The first-order valence-corrected chi connectivity index (χ1v) is 5.41. The molecule has 3 N–H and O–H groups in total. The lowest BCUT2D eigenvalue weighted by molar-refractivity contribution is 0.0562. The Hall–Kier alpha value is -1.26. The van der Waals surface area contributed by atoms with E-state index in [1.807, 2.05) is 0 Å². The fourth-order valence-corrected chi connectivity index (χ4v) is 1.83. The summed E-state index contributed by atoms with van der Waals surface area (Å²) in [4.78, 5) is 11.7. The molecule has 0 aromatic heterocycles. The number of halogens is 1. The van der Waals surface area contributed by atoms with Crippen LogP contribution in [0, 0.1) is 0 Å². The summed E-state index contributed by atoms with van der Waals surface area (Å²) in [5, 5.41) is 21.7. The number of benzene rings is 1. The molecule has 0 bridgehead atoms. The molecule has 0 aliphatic heterocycles. The fraction of sp³-hybridized carbons (Fsp3) is 0.364. The molecule has 0 saturated heterocycles. The van der Waals surface area contributed by atoms with E-state index in [0.717, 1.165) is 0 Å². The molecule has 1 saturated carbocycles. The van der Waals surface area contributed by atoms with Crippen LogP contribution in [-0.2, 0) is 0 Å². The molecule has 1 fully saturated rings. The number of amides is 1. The Morgan fingerprint density at radius 2 is 2.12 bits per heavy atom. The topological polar surface area (TPSA) is 69.6 Å². The molecule has 0 spiro atoms. The average molecular weight is 242 g/mol. The minimum Gasteiger partial charge on any atom is -0.507 e. The van der Waals surface area contributed by atoms with Crippen molar-refractivity contribution in [1.82, 2.24) is 5.32 Å². The maximum absolute atomic E-state index is 11.7. The molecular weight excluding hydrogens is 230 g/mol. The first-order chi connectivity index (χ1) is 7.56. The summed E-state index contributed by atoms with van der Waals surface area (Å²) in [6.45, 7) is 0. The Labute approximate surface area is 97.9 Å². The van der Waals surface area contributed by atoms with Gasteiger partial charge >= 0.3 is 0 Å². The number of carbonyl (C=O) groups is 1. The predicted molar refractivity (Wildman–Crippen MR) is 59.6 cm³/mol. The van der Waals surface area contributed by atoms with Gasteiger partial charge in [0, 0.05) is 11.1 Å². The third-order valence-corrected chi connectivity index (χ3v) is 2.89. The molecule has 16 heavy (non-hydrogen) atoms. The molecule has 1 amide bonds. The Kier molecular flexibility index (Phi) is 3.03. The third kappa shape index (κ3) is 2.28. The van der Waals surface area contributed by atoms with Crippen molar-refractivity contribution in [2.75, 3.05) is 0 Å². The van der Waals surface area contributed by atoms with Crippen molar-refractivity contribution < 1.29 is 15.0 Å². The van der Waals surface area contributed by atoms with Crippen molar-refractivity contribution in [1.29, 1.82) is 0 Å². The van der Waals surface area contributed by atoms with Crippen LogP contribution in [0.15, 0.2) is 18.2 Å². The highest BCUT2D eigenvalue weighted by Crippen LogP contribution is 2.24. The molecule has 1 aromatic carbocycles. The molecule has 0 radical (unpaired) electrons. The number of phenols is 1. The Morgan fingerprint density at radius 3 is 2.69 bits per heavy atom. The van der Waals surface area contributed by atoms with Gasteiger partial charge in [-0.3, -0.25) is 4.79 Å². The summed E-state index contributed by atoms with van der Waals surface area (Å²) in [5.74, 6) is -0.476. The minimum absolute atomic E-state index is 0.00224. The Morgan fingerprint density at radius 1 is 1.44 bits per heavy atom. The zero-order valence-corrected chi connectivity index (χ0v) is 9.24. The van der Waals surface area contributed by atoms with Crippen molar-refractivity contribution in [3.05, 3.63) is 28.8 Å². The second-order valence-corrected chi connectivity index (χ2v) is 4.39. The largest absolute Gasteiger partial charge is 0.507 e. The third-order valence-electron chi connectivity index (χ3n) is 2.65. The van der Waals surface area contributed by atoms with Crippen LogP contribution in [0.2, 0.25) is 5.02 Å². The van der Waals surface area contributed by atoms with Gasteiger partial charge in [0.1, 0.15) is 5.75 Å². The number of rotatable bonds is 2. The van der Waals surface area contributed by atoms with Gasteiger partial charge in [-0.2, -0.15) is 0 Å². The molecule has 1 aromatic rings. The maximum Gasteiger partial charge on any atom is 0.255 e. The van der Waals surface area contributed by atoms with E-state index in [4.69, 9.17) is 16.7 Å². The predicted octanol–water partition coefficient (Wildman–Crippen LogP) is 1.30. The molecule has 0 atom stereocenters. The molecule has 1 aliphatic rings. The number of phenolic OH excluding ortho intramolecular Hbond substituents is 1. The fourth-order valence-electron chi connectivity index (χ4n) is 1.67. The van der Waals surface area contributed by atoms with Crippen LogP contribution in [0.25, 0.3) is 0 Å². The van der Waals surface area contributed by atoms with Crippen LogP contribution >= 0.6 is 11.6 Å². The molecule has 0 unspecified atom stereocenters. The van der Waals surface area contributed by atoms with Gasteiger partial charge in [-0.1, -0.05) is 11.6 Å². The van der Waals surface area contributed by atoms with E-state index in [1.165, 1.54) is 12.1 Å². The lowest BCUT2D eigenvalue weighted by Crippen LogP contribution is -2.46. The Bertz CT molecular complexity index is 416. The van der Waals surface area contributed by atoms with E-state index >= 15 is 0 Å². The van der Waals surface area contributed by atoms with Gasteiger partial charge in [-0.25, -0.2) is 0 Å². The Balaban J connectivity index is 2.03. The van der Waals surface area contributed by atoms with E-state index < -0.39 is 0 Å². The number of carbonyl (C=O) groups excluding carboxylic acids is 1. The summed E-state index contributed by atoms with van der Waals surface area (Å²) in [6, 6.07) is 4.34. The second kappa shape index (κ2) is 4.31. The quantitative estimate of drug-likeness (QED) is 0.731. The number of aliphatic hydroxyl groups is 1. The summed E-state index contributed by atoms with van der Waals surface area (Å²) in [7, 11) is 0. The summed E-state index contributed by atoms with van der Waals surface area (Å²) < 4.78 is 0. The molecule has 86 valence electrons. The molecule has 2 rings (SSSR count). The van der Waals surface area contributed by atoms with Crippen molar-refractivity contribution in [3.63, 3.8) is 0 Å². The number of hydrogen-bond acceptors (Lipinski definition) is 3.